The predicted molar refractivity (Wildman–Crippen MR) is 133 cm³/mol. The molecular weight excluding hydrogens is 607 g/mol. The van der Waals surface area contributed by atoms with Crippen molar-refractivity contribution in [2.24, 2.45) is 0 Å². The number of hydrogen-bond donors (Lipinski definition) is 1. The van der Waals surface area contributed by atoms with Crippen LogP contribution in [-0.4, -0.2) is 15.9 Å². The number of thiophene rings is 1. The number of hydrogen-bond acceptors (Lipinski definition) is 4. The molecule has 1 aliphatic rings. The second-order valence-electron chi connectivity index (χ2n) is 7.75. The Morgan fingerprint density at radius 2 is 1.58 bits per heavy atom. The van der Waals surface area contributed by atoms with Crippen molar-refractivity contribution < 1.29 is 30.0 Å². The van der Waals surface area contributed by atoms with Gasteiger partial charge in [-0.05, 0) is 51.7 Å². The molecule has 0 amide bonds. The Labute approximate surface area is 209 Å². The summed E-state index contributed by atoms with van der Waals surface area (Å²) >= 11 is 1.76. The van der Waals surface area contributed by atoms with Crippen LogP contribution in [0.25, 0.3) is 53.8 Å². The first kappa shape index (κ1) is 23.1. The topological polar surface area (TPSA) is 50.2 Å². The van der Waals surface area contributed by atoms with Crippen LogP contribution in [0.2, 0.25) is 0 Å². The molecule has 0 saturated carbocycles. The minimum atomic E-state index is -0.125. The summed E-state index contributed by atoms with van der Waals surface area (Å²) in [4.78, 5) is 16.1. The maximum absolute atomic E-state index is 10.0. The van der Waals surface area contributed by atoms with Gasteiger partial charge in [0.05, 0.1) is 11.3 Å². The Morgan fingerprint density at radius 1 is 0.909 bits per heavy atom. The van der Waals surface area contributed by atoms with Crippen molar-refractivity contribution >= 4 is 38.1 Å². The SMILES string of the molecule is CC(=O)C=C(C)O.[Ir].[c-]1c(-c2cc3c4c(cccc4n2)-c2ccccc2-3)sc2ccccc12. The second-order valence-corrected chi connectivity index (χ2v) is 8.80. The van der Waals surface area contributed by atoms with Gasteiger partial charge in [0.1, 0.15) is 0 Å². The van der Waals surface area contributed by atoms with Gasteiger partial charge >= 0.3 is 0 Å². The van der Waals surface area contributed by atoms with E-state index < -0.39 is 0 Å². The Kier molecular flexibility index (Phi) is 6.57. The molecule has 0 bridgehead atoms. The monoisotopic (exact) mass is 627 g/mol. The number of aliphatic hydroxyl groups is 1. The van der Waals surface area contributed by atoms with Crippen LogP contribution in [0.15, 0.2) is 84.6 Å². The number of nitrogens with zero attached hydrogens (tertiary/aromatic N) is 1. The van der Waals surface area contributed by atoms with E-state index in [1.165, 1.54) is 52.3 Å². The molecule has 33 heavy (non-hydrogen) atoms. The van der Waals surface area contributed by atoms with E-state index in [0.717, 1.165) is 21.5 Å². The minimum absolute atomic E-state index is 0. The molecule has 0 fully saturated rings. The number of carbonyl (C=O) groups excluding carboxylic acids is 1. The quantitative estimate of drug-likeness (QED) is 0.122. The Bertz CT molecular complexity index is 1500. The molecule has 1 N–H and O–H groups in total. The third-order valence-electron chi connectivity index (χ3n) is 5.33. The van der Waals surface area contributed by atoms with Crippen molar-refractivity contribution in [2.45, 2.75) is 13.8 Å². The average molecular weight is 627 g/mol. The largest absolute Gasteiger partial charge is 0.512 e. The van der Waals surface area contributed by atoms with Crippen LogP contribution in [0.1, 0.15) is 13.8 Å². The zero-order valence-corrected chi connectivity index (χ0v) is 21.3. The summed E-state index contributed by atoms with van der Waals surface area (Å²) in [5.74, 6) is -0.0625. The summed E-state index contributed by atoms with van der Waals surface area (Å²) in [6.07, 6.45) is 1.17. The molecular formula is C28H20IrNO2S-. The number of aliphatic hydroxyl groups excluding tert-OH is 1. The van der Waals surface area contributed by atoms with Gasteiger partial charge in [-0.2, -0.15) is 0 Å². The number of carbonyl (C=O) groups is 1. The van der Waals surface area contributed by atoms with Gasteiger partial charge in [0.2, 0.25) is 0 Å². The van der Waals surface area contributed by atoms with Crippen molar-refractivity contribution in [2.75, 3.05) is 0 Å². The molecule has 1 aliphatic carbocycles. The van der Waals surface area contributed by atoms with Gasteiger partial charge in [0.25, 0.3) is 0 Å². The molecule has 6 rings (SSSR count). The molecule has 1 radical (unpaired) electrons. The Hall–Kier alpha value is -3.11. The summed E-state index contributed by atoms with van der Waals surface area (Å²) in [5.41, 5.74) is 7.27. The van der Waals surface area contributed by atoms with E-state index in [0.29, 0.717) is 0 Å². The molecule has 5 heteroatoms. The summed E-state index contributed by atoms with van der Waals surface area (Å²) in [6, 6.07) is 29.2. The fourth-order valence-electron chi connectivity index (χ4n) is 4.12. The standard InChI is InChI=1S/C23H12NS.C5H8O2.Ir/c1-4-11-21-14(6-1)12-22(25-21)20-13-18-16-8-3-2-7-15(16)17-9-5-10-19(24-20)23(17)18;1-4(6)3-5(2)7;/h1-11,13H;3,6H,1-2H3;/q-1;;. The van der Waals surface area contributed by atoms with Crippen molar-refractivity contribution in [1.82, 2.24) is 4.98 Å². The van der Waals surface area contributed by atoms with E-state index in [1.54, 1.807) is 11.3 Å². The molecule has 3 aromatic carbocycles. The van der Waals surface area contributed by atoms with E-state index in [1.807, 2.05) is 0 Å². The molecule has 0 atom stereocenters. The van der Waals surface area contributed by atoms with Crippen molar-refractivity contribution in [3.8, 4) is 32.8 Å². The van der Waals surface area contributed by atoms with Gasteiger partial charge in [-0.25, -0.2) is 11.3 Å². The minimum Gasteiger partial charge on any atom is -0.512 e. The maximum atomic E-state index is 10.0. The number of aromatic nitrogens is 1. The average Bonchev–Trinajstić information content (AvgIpc) is 3.35. The van der Waals surface area contributed by atoms with Gasteiger partial charge in [-0.15, -0.1) is 23.6 Å². The Balaban J connectivity index is 0.000000287. The number of allylic oxidation sites excluding steroid dienone is 2. The van der Waals surface area contributed by atoms with Gasteiger partial charge < -0.3 is 5.11 Å². The van der Waals surface area contributed by atoms with E-state index in [4.69, 9.17) is 10.1 Å². The third-order valence-corrected chi connectivity index (χ3v) is 6.42. The van der Waals surface area contributed by atoms with E-state index in [2.05, 4.69) is 78.9 Å². The van der Waals surface area contributed by atoms with E-state index in [-0.39, 0.29) is 31.6 Å². The zero-order chi connectivity index (χ0) is 22.2. The Morgan fingerprint density at radius 3 is 2.24 bits per heavy atom. The second kappa shape index (κ2) is 9.40. The number of fused-ring (bicyclic) bond motifs is 4. The van der Waals surface area contributed by atoms with Crippen LogP contribution < -0.4 is 0 Å². The van der Waals surface area contributed by atoms with Crippen molar-refractivity contribution in [3.05, 3.63) is 90.7 Å². The van der Waals surface area contributed by atoms with Gasteiger partial charge in [-0.1, -0.05) is 54.6 Å². The van der Waals surface area contributed by atoms with Crippen LogP contribution in [0, 0.1) is 6.07 Å². The first-order chi connectivity index (χ1) is 15.5. The molecule has 0 saturated heterocycles. The molecule has 2 heterocycles. The molecule has 2 aromatic heterocycles. The van der Waals surface area contributed by atoms with E-state index in [9.17, 15) is 4.79 Å². The summed E-state index contributed by atoms with van der Waals surface area (Å²) < 4.78 is 1.25. The van der Waals surface area contributed by atoms with Gasteiger partial charge in [0.15, 0.2) is 5.78 Å². The fourth-order valence-corrected chi connectivity index (χ4v) is 5.09. The summed E-state index contributed by atoms with van der Waals surface area (Å²) in [7, 11) is 0. The first-order valence-electron chi connectivity index (χ1n) is 10.3. The molecule has 0 aliphatic heterocycles. The molecule has 0 spiro atoms. The third kappa shape index (κ3) is 4.40. The summed E-state index contributed by atoms with van der Waals surface area (Å²) in [6.45, 7) is 2.85. The van der Waals surface area contributed by atoms with E-state index >= 15 is 0 Å². The first-order valence-corrected chi connectivity index (χ1v) is 11.2. The normalized spacial score (nSPS) is 11.5. The number of rotatable bonds is 2. The molecule has 165 valence electrons. The van der Waals surface area contributed by atoms with Crippen LogP contribution in [-0.2, 0) is 24.9 Å². The van der Waals surface area contributed by atoms with Crippen molar-refractivity contribution in [3.63, 3.8) is 0 Å². The van der Waals surface area contributed by atoms with Crippen LogP contribution >= 0.6 is 11.3 Å². The number of pyridine rings is 1. The van der Waals surface area contributed by atoms with Gasteiger partial charge in [-0.3, -0.25) is 9.78 Å². The van der Waals surface area contributed by atoms with Crippen LogP contribution in [0.5, 0.6) is 0 Å². The summed E-state index contributed by atoms with van der Waals surface area (Å²) in [5, 5.41) is 10.8. The van der Waals surface area contributed by atoms with Crippen molar-refractivity contribution in [1.29, 1.82) is 0 Å². The van der Waals surface area contributed by atoms with Crippen LogP contribution in [0.4, 0.5) is 0 Å². The number of ketones is 1. The number of benzene rings is 3. The zero-order valence-electron chi connectivity index (χ0n) is 18.0. The van der Waals surface area contributed by atoms with Gasteiger partial charge in [0, 0.05) is 37.3 Å². The maximum Gasteiger partial charge on any atom is 0.155 e. The predicted octanol–water partition coefficient (Wildman–Crippen LogP) is 7.60. The molecule has 5 aromatic rings. The smallest absolute Gasteiger partial charge is 0.155 e. The van der Waals surface area contributed by atoms with Crippen LogP contribution in [0.3, 0.4) is 0 Å². The molecule has 3 nitrogen and oxygen atoms in total. The fraction of sp³-hybridized carbons (Fsp3) is 0.0714. The molecule has 0 unspecified atom stereocenters.